The third kappa shape index (κ3) is 8.35. The van der Waals surface area contributed by atoms with Crippen molar-refractivity contribution in [2.75, 3.05) is 24.1 Å². The summed E-state index contributed by atoms with van der Waals surface area (Å²) in [4.78, 5) is 12.3. The van der Waals surface area contributed by atoms with Crippen LogP contribution in [0.25, 0.3) is 0 Å². The first kappa shape index (κ1) is 32.4. The number of hydrogen-bond acceptors (Lipinski definition) is 5. The summed E-state index contributed by atoms with van der Waals surface area (Å²) in [5.41, 5.74) is -6.44. The molecule has 0 bridgehead atoms. The van der Waals surface area contributed by atoms with Gasteiger partial charge in [0.2, 0.25) is 9.84 Å². The molecule has 16 heteroatoms. The molecule has 0 aliphatic carbocycles. The first-order chi connectivity index (χ1) is 18.3. The zero-order valence-corrected chi connectivity index (χ0v) is 22.6. The molecule has 8 nitrogen and oxygen atoms in total. The Labute approximate surface area is 226 Å². The van der Waals surface area contributed by atoms with Gasteiger partial charge in [0.25, 0.3) is 0 Å². The van der Waals surface area contributed by atoms with Crippen molar-refractivity contribution in [3.63, 3.8) is 0 Å². The molecule has 0 saturated heterocycles. The molecule has 0 aliphatic rings. The number of halogens is 6. The standard InChI is InChI=1S/C14H12F3NO4S2.C10H11F3N2O/c1-10-9-12(23(19,20)11-5-3-2-4-6-11)7-8-13(10)18-24(21,22)14(15,16)17;1-15(2)9(16)14-8-5-3-4-7(6-8)10(11,12)13/h2-9,18H,1H3;3-6H,1-2H3,(H,14,16). The average molecular weight is 612 g/mol. The van der Waals surface area contributed by atoms with Gasteiger partial charge in [0, 0.05) is 19.8 Å². The number of alkyl halides is 6. The van der Waals surface area contributed by atoms with E-state index < -0.39 is 43.1 Å². The van der Waals surface area contributed by atoms with Crippen molar-refractivity contribution >= 4 is 37.3 Å². The molecule has 0 aliphatic heterocycles. The van der Waals surface area contributed by atoms with E-state index >= 15 is 0 Å². The maximum Gasteiger partial charge on any atom is 0.516 e. The monoisotopic (exact) mass is 611 g/mol. The van der Waals surface area contributed by atoms with E-state index in [4.69, 9.17) is 0 Å². The minimum atomic E-state index is -5.57. The fourth-order valence-electron chi connectivity index (χ4n) is 2.86. The molecule has 0 fully saturated rings. The van der Waals surface area contributed by atoms with Gasteiger partial charge in [0.15, 0.2) is 0 Å². The Morgan fingerprint density at radius 1 is 0.775 bits per heavy atom. The lowest BCUT2D eigenvalue weighted by atomic mass is 10.2. The number of carbonyl (C=O) groups is 1. The highest BCUT2D eigenvalue weighted by Gasteiger charge is 2.46. The third-order valence-electron chi connectivity index (χ3n) is 4.96. The quantitative estimate of drug-likeness (QED) is 0.350. The fourth-order valence-corrected chi connectivity index (χ4v) is 4.87. The number of carbonyl (C=O) groups excluding carboxylic acids is 1. The van der Waals surface area contributed by atoms with Gasteiger partial charge in [-0.25, -0.2) is 13.2 Å². The summed E-state index contributed by atoms with van der Waals surface area (Å²) < 4.78 is 123. The van der Waals surface area contributed by atoms with E-state index in [1.807, 2.05) is 0 Å². The lowest BCUT2D eigenvalue weighted by molar-refractivity contribution is -0.137. The number of amides is 2. The van der Waals surface area contributed by atoms with Gasteiger partial charge in [0.1, 0.15) is 0 Å². The SMILES string of the molecule is CN(C)C(=O)Nc1cccc(C(F)(F)F)c1.Cc1cc(S(=O)(=O)c2ccccc2)ccc1NS(=O)(=O)C(F)(F)F. The summed E-state index contributed by atoms with van der Waals surface area (Å²) in [7, 11) is -6.42. The number of sulfone groups is 1. The van der Waals surface area contributed by atoms with Crippen LogP contribution in [0, 0.1) is 6.92 Å². The van der Waals surface area contributed by atoms with Gasteiger partial charge >= 0.3 is 27.7 Å². The van der Waals surface area contributed by atoms with E-state index in [2.05, 4.69) is 5.32 Å². The van der Waals surface area contributed by atoms with Crippen molar-refractivity contribution < 1.29 is 48.0 Å². The van der Waals surface area contributed by atoms with Gasteiger partial charge in [-0.2, -0.15) is 34.8 Å². The molecule has 40 heavy (non-hydrogen) atoms. The van der Waals surface area contributed by atoms with Crippen LogP contribution in [0.5, 0.6) is 0 Å². The Balaban J connectivity index is 0.000000305. The molecule has 2 amide bonds. The molecule has 0 saturated carbocycles. The summed E-state index contributed by atoms with van der Waals surface area (Å²) in [6.07, 6.45) is -4.40. The molecule has 0 aromatic heterocycles. The molecule has 218 valence electrons. The molecule has 0 spiro atoms. The van der Waals surface area contributed by atoms with E-state index in [9.17, 15) is 48.0 Å². The highest BCUT2D eigenvalue weighted by Crippen LogP contribution is 2.31. The normalized spacial score (nSPS) is 12.1. The van der Waals surface area contributed by atoms with Crippen LogP contribution >= 0.6 is 0 Å². The predicted octanol–water partition coefficient (Wildman–Crippen LogP) is 5.89. The van der Waals surface area contributed by atoms with Gasteiger partial charge in [-0.05, 0) is 61.0 Å². The third-order valence-corrected chi connectivity index (χ3v) is 7.82. The van der Waals surface area contributed by atoms with Crippen molar-refractivity contribution in [2.45, 2.75) is 28.4 Å². The van der Waals surface area contributed by atoms with Crippen LogP contribution in [0.3, 0.4) is 0 Å². The van der Waals surface area contributed by atoms with Gasteiger partial charge in [-0.15, -0.1) is 0 Å². The lowest BCUT2D eigenvalue weighted by Crippen LogP contribution is -2.30. The molecular formula is C24H23F6N3O5S2. The number of urea groups is 1. The maximum atomic E-state index is 12.4. The first-order valence-electron chi connectivity index (χ1n) is 10.9. The van der Waals surface area contributed by atoms with Crippen LogP contribution in [-0.4, -0.2) is 47.4 Å². The van der Waals surface area contributed by atoms with Gasteiger partial charge in [0.05, 0.1) is 21.0 Å². The van der Waals surface area contributed by atoms with Crippen LogP contribution in [0.4, 0.5) is 42.5 Å². The fraction of sp³-hybridized carbons (Fsp3) is 0.208. The Morgan fingerprint density at radius 3 is 1.88 bits per heavy atom. The van der Waals surface area contributed by atoms with Gasteiger partial charge in [-0.1, -0.05) is 24.3 Å². The zero-order valence-electron chi connectivity index (χ0n) is 21.0. The van der Waals surface area contributed by atoms with E-state index in [1.54, 1.807) is 6.07 Å². The van der Waals surface area contributed by atoms with Crippen LogP contribution in [0.15, 0.2) is 82.6 Å². The van der Waals surface area contributed by atoms with Gasteiger partial charge in [-0.3, -0.25) is 4.72 Å². The largest absolute Gasteiger partial charge is 0.516 e. The molecule has 0 heterocycles. The molecule has 0 radical (unpaired) electrons. The number of nitrogens with zero attached hydrogens (tertiary/aromatic N) is 1. The Kier molecular flexibility index (Phi) is 9.86. The van der Waals surface area contributed by atoms with E-state index in [0.29, 0.717) is 0 Å². The van der Waals surface area contributed by atoms with Crippen molar-refractivity contribution in [1.82, 2.24) is 4.90 Å². The Bertz CT molecular complexity index is 1560. The minimum Gasteiger partial charge on any atom is -0.331 e. The van der Waals surface area contributed by atoms with E-state index in [1.165, 1.54) is 67.0 Å². The molecule has 0 unspecified atom stereocenters. The van der Waals surface area contributed by atoms with Crippen LogP contribution in [-0.2, 0) is 26.0 Å². The minimum absolute atomic E-state index is 0.0213. The summed E-state index contributed by atoms with van der Waals surface area (Å²) >= 11 is 0. The molecule has 3 rings (SSSR count). The highest BCUT2D eigenvalue weighted by atomic mass is 32.2. The molecule has 3 aromatic carbocycles. The topological polar surface area (TPSA) is 113 Å². The van der Waals surface area contributed by atoms with Crippen LogP contribution < -0.4 is 10.0 Å². The Hall–Kier alpha value is -3.79. The molecule has 3 aromatic rings. The summed E-state index contributed by atoms with van der Waals surface area (Å²) in [6.45, 7) is 1.30. The molecular weight excluding hydrogens is 588 g/mol. The van der Waals surface area contributed by atoms with Crippen molar-refractivity contribution in [2.24, 2.45) is 0 Å². The van der Waals surface area contributed by atoms with E-state index in [0.717, 1.165) is 30.3 Å². The summed E-state index contributed by atoms with van der Waals surface area (Å²) in [5, 5.41) is 2.34. The number of nitrogens with one attached hydrogen (secondary N) is 2. The number of hydrogen-bond donors (Lipinski definition) is 2. The second kappa shape index (κ2) is 12.2. The maximum absolute atomic E-state index is 12.4. The van der Waals surface area contributed by atoms with Crippen LogP contribution in [0.2, 0.25) is 0 Å². The number of aryl methyl sites for hydroxylation is 1. The van der Waals surface area contributed by atoms with Crippen molar-refractivity contribution in [3.8, 4) is 0 Å². The second-order valence-electron chi connectivity index (χ2n) is 8.25. The van der Waals surface area contributed by atoms with Gasteiger partial charge < -0.3 is 10.2 Å². The zero-order chi connectivity index (χ0) is 30.5. The summed E-state index contributed by atoms with van der Waals surface area (Å²) in [6, 6.07) is 14.6. The molecule has 0 atom stereocenters. The average Bonchev–Trinajstić information content (AvgIpc) is 2.85. The highest BCUT2D eigenvalue weighted by molar-refractivity contribution is 7.93. The first-order valence-corrected chi connectivity index (χ1v) is 13.9. The molecule has 2 N–H and O–H groups in total. The second-order valence-corrected chi connectivity index (χ2v) is 11.9. The van der Waals surface area contributed by atoms with Crippen molar-refractivity contribution in [3.05, 3.63) is 83.9 Å². The summed E-state index contributed by atoms with van der Waals surface area (Å²) in [5.74, 6) is 0. The number of sulfonamides is 1. The lowest BCUT2D eigenvalue weighted by Gasteiger charge is -2.13. The van der Waals surface area contributed by atoms with Crippen molar-refractivity contribution in [1.29, 1.82) is 0 Å². The Morgan fingerprint density at radius 2 is 1.38 bits per heavy atom. The van der Waals surface area contributed by atoms with E-state index in [-0.39, 0.29) is 26.7 Å². The number of rotatable bonds is 5. The predicted molar refractivity (Wildman–Crippen MR) is 136 cm³/mol. The number of benzene rings is 3. The number of anilines is 2. The van der Waals surface area contributed by atoms with Crippen LogP contribution in [0.1, 0.15) is 11.1 Å². The smallest absolute Gasteiger partial charge is 0.331 e.